The smallest absolute Gasteiger partial charge is 0.406 e. The van der Waals surface area contributed by atoms with Crippen LogP contribution in [0.3, 0.4) is 0 Å². The van der Waals surface area contributed by atoms with Gasteiger partial charge in [-0.1, -0.05) is 12.1 Å². The van der Waals surface area contributed by atoms with Crippen molar-refractivity contribution >= 4 is 0 Å². The van der Waals surface area contributed by atoms with Gasteiger partial charge in [0.2, 0.25) is 0 Å². The lowest BCUT2D eigenvalue weighted by atomic mass is 9.95. The summed E-state index contributed by atoms with van der Waals surface area (Å²) in [6, 6.07) is 6.89. The number of nitrogens with zero attached hydrogens (tertiary/aromatic N) is 2. The fraction of sp³-hybridized carbons (Fsp3) is 0.412. The summed E-state index contributed by atoms with van der Waals surface area (Å²) >= 11 is 0. The molecule has 25 heavy (non-hydrogen) atoms. The van der Waals surface area contributed by atoms with E-state index in [0.29, 0.717) is 11.3 Å². The average Bonchev–Trinajstić information content (AvgIpc) is 2.53. The molecule has 0 aliphatic carbocycles. The van der Waals surface area contributed by atoms with Crippen LogP contribution in [0.5, 0.6) is 5.75 Å². The first kappa shape index (κ1) is 17.5. The van der Waals surface area contributed by atoms with E-state index in [-0.39, 0.29) is 23.1 Å². The predicted octanol–water partition coefficient (Wildman–Crippen LogP) is 3.14. The number of halogens is 3. The summed E-state index contributed by atoms with van der Waals surface area (Å²) in [5.74, 6) is 0.0215. The third-order valence-electron chi connectivity index (χ3n) is 4.15. The number of rotatable bonds is 3. The molecule has 0 amide bonds. The summed E-state index contributed by atoms with van der Waals surface area (Å²) in [5.41, 5.74) is 0.702. The fourth-order valence-electron chi connectivity index (χ4n) is 3.07. The van der Waals surface area contributed by atoms with Crippen molar-refractivity contribution in [2.45, 2.75) is 25.1 Å². The molecule has 1 unspecified atom stereocenters. The van der Waals surface area contributed by atoms with Crippen LogP contribution >= 0.6 is 0 Å². The maximum Gasteiger partial charge on any atom is 0.573 e. The normalized spacial score (nSPS) is 19.0. The number of likely N-dealkylation sites (tertiary alicyclic amines) is 1. The van der Waals surface area contributed by atoms with Crippen LogP contribution in [0.15, 0.2) is 35.1 Å². The van der Waals surface area contributed by atoms with Crippen molar-refractivity contribution in [2.24, 2.45) is 0 Å². The van der Waals surface area contributed by atoms with Gasteiger partial charge in [0.05, 0.1) is 5.69 Å². The number of H-pyrrole nitrogens is 1. The Balaban J connectivity index is 1.92. The van der Waals surface area contributed by atoms with Crippen LogP contribution in [-0.2, 0) is 0 Å². The Morgan fingerprint density at radius 1 is 1.32 bits per heavy atom. The van der Waals surface area contributed by atoms with Gasteiger partial charge >= 0.3 is 6.36 Å². The van der Waals surface area contributed by atoms with E-state index in [1.54, 1.807) is 6.07 Å². The van der Waals surface area contributed by atoms with Crippen molar-refractivity contribution in [3.8, 4) is 17.1 Å². The number of likely N-dealkylation sites (N-methyl/N-ethyl adjacent to an activating group) is 1. The van der Waals surface area contributed by atoms with Crippen molar-refractivity contribution in [3.05, 3.63) is 46.4 Å². The Morgan fingerprint density at radius 2 is 2.12 bits per heavy atom. The first-order valence-corrected chi connectivity index (χ1v) is 7.96. The SMILES string of the molecule is CN1CCCC(c2cc(=O)[nH]c(-c3cccc(OC(F)(F)F)c3)n2)C1. The highest BCUT2D eigenvalue weighted by atomic mass is 19.4. The average molecular weight is 353 g/mol. The van der Waals surface area contributed by atoms with E-state index in [9.17, 15) is 18.0 Å². The molecule has 0 spiro atoms. The van der Waals surface area contributed by atoms with Gasteiger partial charge in [0.15, 0.2) is 0 Å². The monoisotopic (exact) mass is 353 g/mol. The number of alkyl halides is 3. The highest BCUT2D eigenvalue weighted by Crippen LogP contribution is 2.28. The minimum absolute atomic E-state index is 0.134. The molecule has 0 saturated carbocycles. The summed E-state index contributed by atoms with van der Waals surface area (Å²) in [6.07, 6.45) is -2.83. The molecule has 1 aromatic carbocycles. The number of hydrogen-bond donors (Lipinski definition) is 1. The van der Waals surface area contributed by atoms with Gasteiger partial charge in [0.1, 0.15) is 11.6 Å². The molecule has 5 nitrogen and oxygen atoms in total. The standard InChI is InChI=1S/C17H18F3N3O2/c1-23-7-3-5-12(10-23)14-9-15(24)22-16(21-14)11-4-2-6-13(8-11)25-17(18,19)20/h2,4,6,8-9,12H,3,5,7,10H2,1H3,(H,21,22,24). The zero-order valence-electron chi connectivity index (χ0n) is 13.6. The van der Waals surface area contributed by atoms with Gasteiger partial charge in [-0.3, -0.25) is 4.79 Å². The molecule has 1 aliphatic rings. The van der Waals surface area contributed by atoms with Crippen molar-refractivity contribution in [1.82, 2.24) is 14.9 Å². The summed E-state index contributed by atoms with van der Waals surface area (Å²) < 4.78 is 41.1. The summed E-state index contributed by atoms with van der Waals surface area (Å²) in [7, 11) is 2.01. The van der Waals surface area contributed by atoms with E-state index >= 15 is 0 Å². The largest absolute Gasteiger partial charge is 0.573 e. The van der Waals surface area contributed by atoms with Gasteiger partial charge in [0, 0.05) is 24.1 Å². The highest BCUT2D eigenvalue weighted by molar-refractivity contribution is 5.57. The number of aromatic amines is 1. The molecule has 1 saturated heterocycles. The van der Waals surface area contributed by atoms with Crippen LogP contribution in [0.1, 0.15) is 24.5 Å². The summed E-state index contributed by atoms with van der Waals surface area (Å²) in [6.45, 7) is 1.80. The highest BCUT2D eigenvalue weighted by Gasteiger charge is 2.31. The second kappa shape index (κ2) is 6.87. The maximum atomic E-state index is 12.4. The van der Waals surface area contributed by atoms with Crippen molar-refractivity contribution in [3.63, 3.8) is 0 Å². The van der Waals surface area contributed by atoms with E-state index in [1.807, 2.05) is 7.05 Å². The topological polar surface area (TPSA) is 58.2 Å². The lowest BCUT2D eigenvalue weighted by molar-refractivity contribution is -0.274. The number of piperidine rings is 1. The molecule has 134 valence electrons. The number of hydrogen-bond acceptors (Lipinski definition) is 4. The summed E-state index contributed by atoms with van der Waals surface area (Å²) in [5, 5.41) is 0. The van der Waals surface area contributed by atoms with Crippen LogP contribution in [0, 0.1) is 0 Å². The van der Waals surface area contributed by atoms with Gasteiger partial charge in [-0.05, 0) is 38.6 Å². The molecular formula is C17H18F3N3O2. The van der Waals surface area contributed by atoms with E-state index in [4.69, 9.17) is 0 Å². The molecule has 1 aliphatic heterocycles. The molecule has 3 rings (SSSR count). The molecule has 8 heteroatoms. The molecule has 1 atom stereocenters. The number of aromatic nitrogens is 2. The predicted molar refractivity (Wildman–Crippen MR) is 86.4 cm³/mol. The first-order chi connectivity index (χ1) is 11.8. The zero-order chi connectivity index (χ0) is 18.0. The Morgan fingerprint density at radius 3 is 2.84 bits per heavy atom. The first-order valence-electron chi connectivity index (χ1n) is 7.96. The lowest BCUT2D eigenvalue weighted by Gasteiger charge is -2.29. The van der Waals surface area contributed by atoms with Gasteiger partial charge in [0.25, 0.3) is 5.56 Å². The Hall–Kier alpha value is -2.35. The summed E-state index contributed by atoms with van der Waals surface area (Å²) in [4.78, 5) is 21.2. The lowest BCUT2D eigenvalue weighted by Crippen LogP contribution is -2.31. The van der Waals surface area contributed by atoms with Crippen LogP contribution in [0.4, 0.5) is 13.2 Å². The maximum absolute atomic E-state index is 12.4. The molecule has 1 N–H and O–H groups in total. The number of benzene rings is 1. The quantitative estimate of drug-likeness (QED) is 0.921. The third-order valence-corrected chi connectivity index (χ3v) is 4.15. The number of ether oxygens (including phenoxy) is 1. The van der Waals surface area contributed by atoms with Crippen molar-refractivity contribution in [1.29, 1.82) is 0 Å². The third kappa shape index (κ3) is 4.60. The Kier molecular flexibility index (Phi) is 4.80. The molecule has 2 aromatic rings. The van der Waals surface area contributed by atoms with E-state index in [0.717, 1.165) is 25.9 Å². The van der Waals surface area contributed by atoms with Crippen LogP contribution in [-0.4, -0.2) is 41.4 Å². The van der Waals surface area contributed by atoms with Crippen molar-refractivity contribution < 1.29 is 17.9 Å². The molecule has 0 bridgehead atoms. The molecule has 1 aromatic heterocycles. The van der Waals surface area contributed by atoms with E-state index < -0.39 is 6.36 Å². The van der Waals surface area contributed by atoms with Gasteiger partial charge in [-0.15, -0.1) is 13.2 Å². The minimum Gasteiger partial charge on any atom is -0.406 e. The Bertz CT molecular complexity index is 804. The number of nitrogens with one attached hydrogen (secondary N) is 1. The minimum atomic E-state index is -4.77. The molecule has 1 fully saturated rings. The van der Waals surface area contributed by atoms with Gasteiger partial charge in [-0.25, -0.2) is 4.98 Å². The molecule has 0 radical (unpaired) electrons. The van der Waals surface area contributed by atoms with E-state index in [1.165, 1.54) is 24.3 Å². The zero-order valence-corrected chi connectivity index (χ0v) is 13.6. The molecular weight excluding hydrogens is 335 g/mol. The van der Waals surface area contributed by atoms with Crippen LogP contribution < -0.4 is 10.3 Å². The Labute approximate surface area is 142 Å². The second-order valence-corrected chi connectivity index (χ2v) is 6.20. The van der Waals surface area contributed by atoms with Gasteiger partial charge < -0.3 is 14.6 Å². The van der Waals surface area contributed by atoms with E-state index in [2.05, 4.69) is 19.6 Å². The van der Waals surface area contributed by atoms with Crippen LogP contribution in [0.25, 0.3) is 11.4 Å². The second-order valence-electron chi connectivity index (χ2n) is 6.20. The van der Waals surface area contributed by atoms with Crippen molar-refractivity contribution in [2.75, 3.05) is 20.1 Å². The van der Waals surface area contributed by atoms with Gasteiger partial charge in [-0.2, -0.15) is 0 Å². The molecule has 2 heterocycles. The van der Waals surface area contributed by atoms with Crippen LogP contribution in [0.2, 0.25) is 0 Å². The fourth-order valence-corrected chi connectivity index (χ4v) is 3.07.